The number of aliphatic hydroxyl groups is 1. The van der Waals surface area contributed by atoms with E-state index in [0.29, 0.717) is 40.8 Å². The molecule has 0 bridgehead atoms. The maximum Gasteiger partial charge on any atom is 0.410 e. The molecule has 3 rings (SSSR count). The van der Waals surface area contributed by atoms with E-state index in [1.54, 1.807) is 69.3 Å². The van der Waals surface area contributed by atoms with Gasteiger partial charge in [0.15, 0.2) is 6.61 Å². The fraction of sp³-hybridized carbons (Fsp3) is 0.310. The lowest BCUT2D eigenvalue weighted by molar-refractivity contribution is -0.139. The number of aliphatic hydroxyl groups excluding tert-OH is 1. The van der Waals surface area contributed by atoms with E-state index in [1.807, 2.05) is 24.3 Å². The summed E-state index contributed by atoms with van der Waals surface area (Å²) in [5, 5.41) is 19.9. The molecule has 3 aromatic rings. The van der Waals surface area contributed by atoms with Gasteiger partial charge in [0, 0.05) is 11.6 Å². The predicted molar refractivity (Wildman–Crippen MR) is 144 cm³/mol. The van der Waals surface area contributed by atoms with Crippen LogP contribution in [0.15, 0.2) is 72.8 Å². The van der Waals surface area contributed by atoms with Crippen LogP contribution in [-0.4, -0.2) is 52.5 Å². The number of carboxylic acid groups (broad SMARTS) is 1. The summed E-state index contributed by atoms with van der Waals surface area (Å²) < 4.78 is 16.5. The van der Waals surface area contributed by atoms with Gasteiger partial charge >= 0.3 is 12.1 Å². The third kappa shape index (κ3) is 9.61. The Kier molecular flexibility index (Phi) is 9.98. The molecule has 9 heteroatoms. The fourth-order valence-electron chi connectivity index (χ4n) is 3.48. The van der Waals surface area contributed by atoms with Crippen LogP contribution in [0.5, 0.6) is 17.2 Å². The summed E-state index contributed by atoms with van der Waals surface area (Å²) in [6, 6.07) is 21.0. The topological polar surface area (TPSA) is 106 Å². The Morgan fingerprint density at radius 1 is 0.947 bits per heavy atom. The van der Waals surface area contributed by atoms with Crippen molar-refractivity contribution in [3.8, 4) is 17.2 Å². The molecule has 2 N–H and O–H groups in total. The number of ether oxygens (including phenoxy) is 3. The fourth-order valence-corrected chi connectivity index (χ4v) is 3.68. The van der Waals surface area contributed by atoms with E-state index in [2.05, 4.69) is 0 Å². The molecule has 0 unspecified atom stereocenters. The van der Waals surface area contributed by atoms with Crippen molar-refractivity contribution in [2.45, 2.75) is 38.9 Å². The zero-order valence-corrected chi connectivity index (χ0v) is 22.4. The molecular formula is C29H32ClNO7. The van der Waals surface area contributed by atoms with Crippen molar-refractivity contribution in [2.75, 3.05) is 19.7 Å². The number of aliphatic carboxylic acids is 1. The molecule has 0 aromatic heterocycles. The lowest BCUT2D eigenvalue weighted by Gasteiger charge is -2.29. The number of hydrogen-bond acceptors (Lipinski definition) is 6. The quantitative estimate of drug-likeness (QED) is 0.302. The third-order valence-corrected chi connectivity index (χ3v) is 5.53. The van der Waals surface area contributed by atoms with Gasteiger partial charge in [0.2, 0.25) is 0 Å². The molecule has 0 heterocycles. The van der Waals surface area contributed by atoms with Crippen LogP contribution in [0.2, 0.25) is 5.02 Å². The molecule has 0 spiro atoms. The van der Waals surface area contributed by atoms with Crippen LogP contribution >= 0.6 is 11.6 Å². The number of carbonyl (C=O) groups is 2. The molecule has 0 fully saturated rings. The van der Waals surface area contributed by atoms with Gasteiger partial charge in [-0.1, -0.05) is 35.9 Å². The van der Waals surface area contributed by atoms with Crippen molar-refractivity contribution < 1.29 is 34.0 Å². The SMILES string of the molecule is CC(C)(C)OC(=O)N(CCc1ccc(Oc2ccc(OCC(=O)O)cc2)cc1)C[C@@H](O)c1cccc(Cl)c1. The van der Waals surface area contributed by atoms with Crippen LogP contribution in [0.25, 0.3) is 0 Å². The highest BCUT2D eigenvalue weighted by atomic mass is 35.5. The first kappa shape index (κ1) is 28.8. The van der Waals surface area contributed by atoms with Gasteiger partial charge in [0.25, 0.3) is 0 Å². The van der Waals surface area contributed by atoms with Crippen LogP contribution in [-0.2, 0) is 16.0 Å². The normalized spacial score (nSPS) is 11.9. The average Bonchev–Trinajstić information content (AvgIpc) is 2.85. The molecule has 0 aliphatic carbocycles. The van der Waals surface area contributed by atoms with E-state index >= 15 is 0 Å². The minimum atomic E-state index is -1.04. The first-order valence-electron chi connectivity index (χ1n) is 12.1. The van der Waals surface area contributed by atoms with Crippen molar-refractivity contribution in [2.24, 2.45) is 0 Å². The number of amides is 1. The lowest BCUT2D eigenvalue weighted by Crippen LogP contribution is -2.40. The molecule has 0 aliphatic heterocycles. The molecular weight excluding hydrogens is 510 g/mol. The number of rotatable bonds is 11. The Morgan fingerprint density at radius 2 is 1.55 bits per heavy atom. The summed E-state index contributed by atoms with van der Waals surface area (Å²) >= 11 is 6.06. The minimum Gasteiger partial charge on any atom is -0.482 e. The number of hydrogen-bond donors (Lipinski definition) is 2. The number of halogens is 1. The summed E-state index contributed by atoms with van der Waals surface area (Å²) in [5.41, 5.74) is 0.922. The Balaban J connectivity index is 1.61. The highest BCUT2D eigenvalue weighted by molar-refractivity contribution is 6.30. The minimum absolute atomic E-state index is 0.0582. The zero-order chi connectivity index (χ0) is 27.7. The summed E-state index contributed by atoms with van der Waals surface area (Å²) in [6.45, 7) is 5.38. The Hall–Kier alpha value is -3.75. The van der Waals surface area contributed by atoms with Gasteiger partial charge in [-0.2, -0.15) is 0 Å². The Bertz CT molecular complexity index is 1210. The molecule has 0 saturated heterocycles. The van der Waals surface area contributed by atoms with E-state index in [0.717, 1.165) is 5.56 Å². The smallest absolute Gasteiger partial charge is 0.410 e. The van der Waals surface area contributed by atoms with Crippen molar-refractivity contribution in [1.82, 2.24) is 4.90 Å². The number of nitrogens with zero attached hydrogens (tertiary/aromatic N) is 1. The van der Waals surface area contributed by atoms with E-state index in [9.17, 15) is 14.7 Å². The molecule has 202 valence electrons. The van der Waals surface area contributed by atoms with Crippen LogP contribution in [0, 0.1) is 0 Å². The van der Waals surface area contributed by atoms with Gasteiger partial charge in [0.1, 0.15) is 22.8 Å². The molecule has 1 atom stereocenters. The summed E-state index contributed by atoms with van der Waals surface area (Å²) in [4.78, 5) is 25.0. The van der Waals surface area contributed by atoms with Crippen LogP contribution in [0.3, 0.4) is 0 Å². The van der Waals surface area contributed by atoms with Crippen molar-refractivity contribution in [3.63, 3.8) is 0 Å². The van der Waals surface area contributed by atoms with E-state index in [4.69, 9.17) is 30.9 Å². The summed E-state index contributed by atoms with van der Waals surface area (Å²) in [7, 11) is 0. The van der Waals surface area contributed by atoms with Crippen molar-refractivity contribution in [3.05, 3.63) is 88.9 Å². The van der Waals surface area contributed by atoms with Gasteiger partial charge in [-0.15, -0.1) is 0 Å². The van der Waals surface area contributed by atoms with E-state index in [1.165, 1.54) is 4.90 Å². The third-order valence-electron chi connectivity index (χ3n) is 5.29. The van der Waals surface area contributed by atoms with Crippen LogP contribution in [0.1, 0.15) is 38.0 Å². The molecule has 1 amide bonds. The van der Waals surface area contributed by atoms with Gasteiger partial charge in [0.05, 0.1) is 12.6 Å². The summed E-state index contributed by atoms with van der Waals surface area (Å²) in [5.74, 6) is 0.585. The maximum atomic E-state index is 12.9. The maximum absolute atomic E-state index is 12.9. The van der Waals surface area contributed by atoms with Gasteiger partial charge in [-0.3, -0.25) is 0 Å². The number of carboxylic acids is 1. The van der Waals surface area contributed by atoms with Crippen LogP contribution in [0.4, 0.5) is 4.79 Å². The number of carbonyl (C=O) groups excluding carboxylic acids is 1. The molecule has 8 nitrogen and oxygen atoms in total. The largest absolute Gasteiger partial charge is 0.482 e. The second kappa shape index (κ2) is 13.2. The average molecular weight is 542 g/mol. The second-order valence-corrected chi connectivity index (χ2v) is 10.1. The van der Waals surface area contributed by atoms with Crippen molar-refractivity contribution >= 4 is 23.7 Å². The first-order chi connectivity index (χ1) is 18.0. The zero-order valence-electron chi connectivity index (χ0n) is 21.6. The van der Waals surface area contributed by atoms with Crippen LogP contribution < -0.4 is 9.47 Å². The van der Waals surface area contributed by atoms with Gasteiger partial charge < -0.3 is 29.3 Å². The van der Waals surface area contributed by atoms with Gasteiger partial charge in [-0.25, -0.2) is 9.59 Å². The Labute approximate surface area is 227 Å². The second-order valence-electron chi connectivity index (χ2n) is 9.65. The molecule has 0 saturated carbocycles. The monoisotopic (exact) mass is 541 g/mol. The lowest BCUT2D eigenvalue weighted by atomic mass is 10.1. The van der Waals surface area contributed by atoms with E-state index in [-0.39, 0.29) is 6.54 Å². The predicted octanol–water partition coefficient (Wildman–Crippen LogP) is 6.11. The van der Waals surface area contributed by atoms with Crippen molar-refractivity contribution in [1.29, 1.82) is 0 Å². The Morgan fingerprint density at radius 3 is 2.13 bits per heavy atom. The highest BCUT2D eigenvalue weighted by Gasteiger charge is 2.24. The van der Waals surface area contributed by atoms with Gasteiger partial charge in [-0.05, 0) is 86.8 Å². The summed E-state index contributed by atoms with van der Waals surface area (Å²) in [6.07, 6.45) is -0.885. The number of benzene rings is 3. The highest BCUT2D eigenvalue weighted by Crippen LogP contribution is 2.25. The molecule has 38 heavy (non-hydrogen) atoms. The molecule has 0 aliphatic rings. The standard InChI is InChI=1S/C29H32ClNO7/c1-29(2,3)38-28(35)31(18-26(32)21-5-4-6-22(30)17-21)16-15-20-7-9-24(10-8-20)37-25-13-11-23(12-14-25)36-19-27(33)34/h4-14,17,26,32H,15-16,18-19H2,1-3H3,(H,33,34)/t26-/m1/s1. The first-order valence-corrected chi connectivity index (χ1v) is 12.5. The van der Waals surface area contributed by atoms with E-state index < -0.39 is 30.4 Å². The molecule has 0 radical (unpaired) electrons. The molecule has 3 aromatic carbocycles.